The molecule has 0 aliphatic rings. The second-order valence-corrected chi connectivity index (χ2v) is 1.11. The Bertz CT molecular complexity index is 105. The van der Waals surface area contributed by atoms with E-state index in [0.29, 0.717) is 6.08 Å². The van der Waals surface area contributed by atoms with Gasteiger partial charge in [0.2, 0.25) is 0 Å². The van der Waals surface area contributed by atoms with Crippen molar-refractivity contribution in [2.45, 2.75) is 6.29 Å². The lowest BCUT2D eigenvalue weighted by Gasteiger charge is -1.88. The van der Waals surface area contributed by atoms with Crippen LogP contribution in [0.2, 0.25) is 0 Å². The number of hydrogen-bond donors (Lipinski definition) is 3. The predicted octanol–water partition coefficient (Wildman–Crippen LogP) is -1.06. The van der Waals surface area contributed by atoms with Crippen molar-refractivity contribution in [2.75, 3.05) is 0 Å². The largest absolute Gasteiger partial charge is 0.478 e. The van der Waals surface area contributed by atoms with Crippen LogP contribution in [0.3, 0.4) is 0 Å². The van der Waals surface area contributed by atoms with Crippen molar-refractivity contribution >= 4 is 5.97 Å². The molecule has 0 spiro atoms. The molecule has 0 saturated carbocycles. The summed E-state index contributed by atoms with van der Waals surface area (Å²) in [6.45, 7) is 0. The van der Waals surface area contributed by atoms with Gasteiger partial charge in [0.1, 0.15) is 0 Å². The average molecular weight is 118 g/mol. The highest BCUT2D eigenvalue weighted by atomic mass is 16.5. The summed E-state index contributed by atoms with van der Waals surface area (Å²) in [4.78, 5) is 9.59. The van der Waals surface area contributed by atoms with Crippen LogP contribution < -0.4 is 0 Å². The van der Waals surface area contributed by atoms with Crippen LogP contribution in [0.1, 0.15) is 0 Å². The second kappa shape index (κ2) is 3.17. The Hall–Kier alpha value is -0.870. The van der Waals surface area contributed by atoms with Crippen LogP contribution in [0.4, 0.5) is 0 Å². The predicted molar refractivity (Wildman–Crippen MR) is 25.0 cm³/mol. The van der Waals surface area contributed by atoms with Gasteiger partial charge in [0.05, 0.1) is 0 Å². The van der Waals surface area contributed by atoms with E-state index in [1.165, 1.54) is 0 Å². The average Bonchev–Trinajstić information content (AvgIpc) is 1.61. The van der Waals surface area contributed by atoms with E-state index in [-0.39, 0.29) is 0 Å². The van der Waals surface area contributed by atoms with Crippen molar-refractivity contribution in [2.24, 2.45) is 0 Å². The molecular weight excluding hydrogens is 112 g/mol. The van der Waals surface area contributed by atoms with Crippen molar-refractivity contribution in [1.82, 2.24) is 0 Å². The molecule has 8 heavy (non-hydrogen) atoms. The summed E-state index contributed by atoms with van der Waals surface area (Å²) in [6.07, 6.45) is -0.265. The summed E-state index contributed by atoms with van der Waals surface area (Å²) < 4.78 is 0. The number of aliphatic carboxylic acids is 1. The van der Waals surface area contributed by atoms with Gasteiger partial charge < -0.3 is 15.3 Å². The fraction of sp³-hybridized carbons (Fsp3) is 0.250. The number of aliphatic hydroxyl groups is 2. The van der Waals surface area contributed by atoms with Gasteiger partial charge in [-0.1, -0.05) is 0 Å². The van der Waals surface area contributed by atoms with Crippen LogP contribution in [-0.4, -0.2) is 27.6 Å². The Kier molecular flexibility index (Phi) is 2.83. The lowest BCUT2D eigenvalue weighted by molar-refractivity contribution is -0.131. The van der Waals surface area contributed by atoms with Crippen molar-refractivity contribution in [3.8, 4) is 0 Å². The number of hydrogen-bond acceptors (Lipinski definition) is 3. The standard InChI is InChI=1S/C4H6O4/c5-3(6)1-2-4(7)8/h1-3,5-6H,(H,7,8). The first-order chi connectivity index (χ1) is 3.63. The van der Waals surface area contributed by atoms with Gasteiger partial charge in [-0.3, -0.25) is 0 Å². The summed E-state index contributed by atoms with van der Waals surface area (Å²) in [5, 5.41) is 23.9. The van der Waals surface area contributed by atoms with Gasteiger partial charge in [-0.2, -0.15) is 0 Å². The number of rotatable bonds is 2. The number of carbonyl (C=O) groups is 1. The van der Waals surface area contributed by atoms with Crippen LogP contribution in [0.25, 0.3) is 0 Å². The smallest absolute Gasteiger partial charge is 0.328 e. The maximum atomic E-state index is 9.59. The maximum absolute atomic E-state index is 9.59. The third-order valence-electron chi connectivity index (χ3n) is 0.411. The van der Waals surface area contributed by atoms with E-state index in [1.807, 2.05) is 0 Å². The molecule has 0 saturated heterocycles. The van der Waals surface area contributed by atoms with Gasteiger partial charge in [-0.25, -0.2) is 4.79 Å². The molecule has 46 valence electrons. The molecule has 0 aromatic heterocycles. The van der Waals surface area contributed by atoms with Crippen LogP contribution in [0.5, 0.6) is 0 Å². The third kappa shape index (κ3) is 5.13. The van der Waals surface area contributed by atoms with Gasteiger partial charge in [-0.05, 0) is 6.08 Å². The summed E-state index contributed by atoms with van der Waals surface area (Å²) >= 11 is 0. The lowest BCUT2D eigenvalue weighted by Crippen LogP contribution is -1.99. The van der Waals surface area contributed by atoms with Gasteiger partial charge in [0.25, 0.3) is 0 Å². The zero-order valence-electron chi connectivity index (χ0n) is 3.98. The lowest BCUT2D eigenvalue weighted by atomic mass is 10.5. The molecule has 4 heteroatoms. The zero-order valence-corrected chi connectivity index (χ0v) is 3.98. The van der Waals surface area contributed by atoms with Gasteiger partial charge in [-0.15, -0.1) is 0 Å². The fourth-order valence-electron chi connectivity index (χ4n) is 0.168. The molecule has 0 unspecified atom stereocenters. The van der Waals surface area contributed by atoms with E-state index in [2.05, 4.69) is 0 Å². The van der Waals surface area contributed by atoms with E-state index in [9.17, 15) is 4.79 Å². The molecule has 0 aliphatic heterocycles. The first kappa shape index (κ1) is 7.13. The second-order valence-electron chi connectivity index (χ2n) is 1.11. The van der Waals surface area contributed by atoms with Crippen LogP contribution in [-0.2, 0) is 4.79 Å². The molecule has 0 aliphatic carbocycles. The minimum Gasteiger partial charge on any atom is -0.478 e. The summed E-state index contributed by atoms with van der Waals surface area (Å²) in [5.74, 6) is -1.20. The molecule has 0 amide bonds. The molecule has 0 fully saturated rings. The Morgan fingerprint density at radius 3 is 2.12 bits per heavy atom. The van der Waals surface area contributed by atoms with E-state index in [4.69, 9.17) is 15.3 Å². The number of carboxylic acid groups (broad SMARTS) is 1. The normalized spacial score (nSPS) is 10.9. The van der Waals surface area contributed by atoms with Gasteiger partial charge >= 0.3 is 5.97 Å². The van der Waals surface area contributed by atoms with E-state index < -0.39 is 12.3 Å². The number of aliphatic hydroxyl groups excluding tert-OH is 1. The highest BCUT2D eigenvalue weighted by Gasteiger charge is 1.88. The first-order valence-electron chi connectivity index (χ1n) is 1.90. The molecule has 0 heterocycles. The van der Waals surface area contributed by atoms with E-state index in [0.717, 1.165) is 6.08 Å². The Morgan fingerprint density at radius 1 is 1.50 bits per heavy atom. The highest BCUT2D eigenvalue weighted by molar-refractivity contribution is 5.79. The van der Waals surface area contributed by atoms with Crippen LogP contribution in [0, 0.1) is 0 Å². The van der Waals surface area contributed by atoms with Crippen molar-refractivity contribution < 1.29 is 20.1 Å². The monoisotopic (exact) mass is 118 g/mol. The van der Waals surface area contributed by atoms with Crippen LogP contribution in [0.15, 0.2) is 12.2 Å². The minimum absolute atomic E-state index is 0.657. The van der Waals surface area contributed by atoms with E-state index in [1.54, 1.807) is 0 Å². The summed E-state index contributed by atoms with van der Waals surface area (Å²) in [5.41, 5.74) is 0. The Labute approximate surface area is 45.7 Å². The summed E-state index contributed by atoms with van der Waals surface area (Å²) in [7, 11) is 0. The van der Waals surface area contributed by atoms with Crippen molar-refractivity contribution in [3.63, 3.8) is 0 Å². The first-order valence-corrected chi connectivity index (χ1v) is 1.90. The molecule has 3 N–H and O–H groups in total. The van der Waals surface area contributed by atoms with Gasteiger partial charge in [0, 0.05) is 6.08 Å². The minimum atomic E-state index is -1.67. The topological polar surface area (TPSA) is 77.8 Å². The van der Waals surface area contributed by atoms with Gasteiger partial charge in [0.15, 0.2) is 6.29 Å². The van der Waals surface area contributed by atoms with E-state index >= 15 is 0 Å². The fourth-order valence-corrected chi connectivity index (χ4v) is 0.168. The number of carboxylic acids is 1. The quantitative estimate of drug-likeness (QED) is 0.319. The molecule has 4 nitrogen and oxygen atoms in total. The molecule has 0 rings (SSSR count). The Balaban J connectivity index is 3.50. The molecule has 0 radical (unpaired) electrons. The molecule has 0 aromatic rings. The molecule has 0 aromatic carbocycles. The molecular formula is C4H6O4. The van der Waals surface area contributed by atoms with Crippen molar-refractivity contribution in [1.29, 1.82) is 0 Å². The maximum Gasteiger partial charge on any atom is 0.328 e. The third-order valence-corrected chi connectivity index (χ3v) is 0.411. The SMILES string of the molecule is O=C(O)C=CC(O)O. The molecule has 0 atom stereocenters. The van der Waals surface area contributed by atoms with Crippen molar-refractivity contribution in [3.05, 3.63) is 12.2 Å². The highest BCUT2D eigenvalue weighted by Crippen LogP contribution is 1.77. The Morgan fingerprint density at radius 2 is 2.00 bits per heavy atom. The molecule has 0 bridgehead atoms. The van der Waals surface area contributed by atoms with Crippen LogP contribution >= 0.6 is 0 Å². The summed E-state index contributed by atoms with van der Waals surface area (Å²) in [6, 6.07) is 0. The zero-order chi connectivity index (χ0) is 6.57.